The first-order valence-electron chi connectivity index (χ1n) is 7.56. The third-order valence-electron chi connectivity index (χ3n) is 4.14. The first kappa shape index (κ1) is 16.4. The zero-order chi connectivity index (χ0) is 16.1. The van der Waals surface area contributed by atoms with E-state index >= 15 is 0 Å². The maximum absolute atomic E-state index is 13.4. The monoisotopic (exact) mass is 310 g/mol. The Hall–Kier alpha value is -1.98. The van der Waals surface area contributed by atoms with Crippen LogP contribution in [0.1, 0.15) is 39.0 Å². The number of hydrogen-bond acceptors (Lipinski definition) is 2. The normalized spacial score (nSPS) is 21.2. The predicted octanol–water partition coefficient (Wildman–Crippen LogP) is 2.99. The third kappa shape index (κ3) is 4.26. The van der Waals surface area contributed by atoms with Gasteiger partial charge in [0.25, 0.3) is 0 Å². The van der Waals surface area contributed by atoms with Gasteiger partial charge in [-0.25, -0.2) is 8.78 Å². The molecular weight excluding hydrogens is 290 g/mol. The Labute approximate surface area is 128 Å². The third-order valence-corrected chi connectivity index (χ3v) is 4.14. The van der Waals surface area contributed by atoms with Crippen molar-refractivity contribution < 1.29 is 18.4 Å². The van der Waals surface area contributed by atoms with Crippen LogP contribution in [0.4, 0.5) is 14.5 Å². The lowest BCUT2D eigenvalue weighted by Gasteiger charge is -2.28. The largest absolute Gasteiger partial charge is 0.345 e. The summed E-state index contributed by atoms with van der Waals surface area (Å²) >= 11 is 0. The van der Waals surface area contributed by atoms with Crippen molar-refractivity contribution in [3.05, 3.63) is 29.8 Å². The van der Waals surface area contributed by atoms with Crippen molar-refractivity contribution >= 4 is 17.5 Å². The lowest BCUT2D eigenvalue weighted by molar-refractivity contribution is -0.136. The molecule has 1 aromatic carbocycles. The van der Waals surface area contributed by atoms with Crippen LogP contribution in [0, 0.1) is 17.6 Å². The van der Waals surface area contributed by atoms with Crippen molar-refractivity contribution in [3.8, 4) is 0 Å². The molecule has 0 heterocycles. The predicted molar refractivity (Wildman–Crippen MR) is 79.2 cm³/mol. The van der Waals surface area contributed by atoms with Gasteiger partial charge >= 0.3 is 11.8 Å². The van der Waals surface area contributed by atoms with Crippen molar-refractivity contribution in [2.45, 2.75) is 45.1 Å². The second-order valence-corrected chi connectivity index (χ2v) is 5.68. The Morgan fingerprint density at radius 3 is 2.41 bits per heavy atom. The van der Waals surface area contributed by atoms with Gasteiger partial charge in [0.15, 0.2) is 0 Å². The molecule has 2 rings (SSSR count). The van der Waals surface area contributed by atoms with E-state index in [4.69, 9.17) is 0 Å². The molecule has 4 nitrogen and oxygen atoms in total. The molecule has 1 aliphatic carbocycles. The second kappa shape index (κ2) is 7.33. The summed E-state index contributed by atoms with van der Waals surface area (Å²) in [6.07, 6.45) is 4.90. The van der Waals surface area contributed by atoms with Gasteiger partial charge in [-0.05, 0) is 43.7 Å². The molecule has 1 aliphatic rings. The summed E-state index contributed by atoms with van der Waals surface area (Å²) in [5.41, 5.74) is -0.212. The number of benzene rings is 1. The van der Waals surface area contributed by atoms with E-state index < -0.39 is 23.4 Å². The zero-order valence-corrected chi connectivity index (χ0v) is 12.5. The highest BCUT2D eigenvalue weighted by Crippen LogP contribution is 2.26. The van der Waals surface area contributed by atoms with Crippen LogP contribution in [0.3, 0.4) is 0 Å². The Morgan fingerprint density at radius 1 is 1.14 bits per heavy atom. The zero-order valence-electron chi connectivity index (χ0n) is 12.5. The standard InChI is InChI=1S/C16H20F2N2O2/c1-2-10-3-6-12(7-4-10)19-15(21)16(22)20-14-8-5-11(17)9-13(14)18/h5,8-10,12H,2-4,6-7H2,1H3,(H,19,21)(H,20,22). The number of nitrogens with one attached hydrogen (secondary N) is 2. The molecule has 0 saturated heterocycles. The van der Waals surface area contributed by atoms with Crippen LogP contribution in [0.5, 0.6) is 0 Å². The fourth-order valence-corrected chi connectivity index (χ4v) is 2.74. The second-order valence-electron chi connectivity index (χ2n) is 5.68. The van der Waals surface area contributed by atoms with Crippen LogP contribution in [0.15, 0.2) is 18.2 Å². The highest BCUT2D eigenvalue weighted by Gasteiger charge is 2.24. The molecule has 0 aromatic heterocycles. The van der Waals surface area contributed by atoms with E-state index in [-0.39, 0.29) is 11.7 Å². The number of carbonyl (C=O) groups is 2. The topological polar surface area (TPSA) is 58.2 Å². The molecule has 0 radical (unpaired) electrons. The van der Waals surface area contributed by atoms with Gasteiger partial charge in [0.05, 0.1) is 5.69 Å². The molecule has 1 fully saturated rings. The molecule has 0 atom stereocenters. The van der Waals surface area contributed by atoms with Crippen molar-refractivity contribution in [2.75, 3.05) is 5.32 Å². The smallest absolute Gasteiger partial charge is 0.313 e. The quantitative estimate of drug-likeness (QED) is 0.843. The summed E-state index contributed by atoms with van der Waals surface area (Å²) in [7, 11) is 0. The van der Waals surface area contributed by atoms with Crippen molar-refractivity contribution in [1.29, 1.82) is 0 Å². The van der Waals surface area contributed by atoms with E-state index in [2.05, 4.69) is 17.6 Å². The Morgan fingerprint density at radius 2 is 1.82 bits per heavy atom. The van der Waals surface area contributed by atoms with Crippen molar-refractivity contribution in [3.63, 3.8) is 0 Å². The maximum atomic E-state index is 13.4. The number of amides is 2. The van der Waals surface area contributed by atoms with Gasteiger partial charge in [0.2, 0.25) is 0 Å². The Kier molecular flexibility index (Phi) is 5.46. The van der Waals surface area contributed by atoms with Crippen LogP contribution < -0.4 is 10.6 Å². The van der Waals surface area contributed by atoms with Gasteiger partial charge in [-0.1, -0.05) is 13.3 Å². The molecule has 0 unspecified atom stereocenters. The lowest BCUT2D eigenvalue weighted by atomic mass is 9.84. The van der Waals surface area contributed by atoms with Gasteiger partial charge in [-0.15, -0.1) is 0 Å². The van der Waals surface area contributed by atoms with Crippen LogP contribution >= 0.6 is 0 Å². The van der Waals surface area contributed by atoms with Gasteiger partial charge in [-0.3, -0.25) is 9.59 Å². The van der Waals surface area contributed by atoms with E-state index in [0.717, 1.165) is 44.2 Å². The van der Waals surface area contributed by atoms with E-state index in [9.17, 15) is 18.4 Å². The van der Waals surface area contributed by atoms with Crippen LogP contribution in [0.25, 0.3) is 0 Å². The SMILES string of the molecule is CCC1CCC(NC(=O)C(=O)Nc2ccc(F)cc2F)CC1. The van der Waals surface area contributed by atoms with E-state index in [1.54, 1.807) is 0 Å². The Balaban J connectivity index is 1.86. The minimum Gasteiger partial charge on any atom is -0.345 e. The molecule has 0 bridgehead atoms. The number of carbonyl (C=O) groups excluding carboxylic acids is 2. The van der Waals surface area contributed by atoms with Gasteiger partial charge in [0.1, 0.15) is 11.6 Å². The van der Waals surface area contributed by atoms with E-state index in [0.29, 0.717) is 12.0 Å². The summed E-state index contributed by atoms with van der Waals surface area (Å²) < 4.78 is 26.2. The molecular formula is C16H20F2N2O2. The van der Waals surface area contributed by atoms with E-state index in [1.165, 1.54) is 0 Å². The fraction of sp³-hybridized carbons (Fsp3) is 0.500. The van der Waals surface area contributed by atoms with Gasteiger partial charge < -0.3 is 10.6 Å². The summed E-state index contributed by atoms with van der Waals surface area (Å²) in [5, 5.41) is 4.82. The molecule has 0 spiro atoms. The maximum Gasteiger partial charge on any atom is 0.313 e. The highest BCUT2D eigenvalue weighted by molar-refractivity contribution is 6.39. The Bertz CT molecular complexity index is 555. The summed E-state index contributed by atoms with van der Waals surface area (Å²) in [6.45, 7) is 2.15. The number of hydrogen-bond donors (Lipinski definition) is 2. The lowest BCUT2D eigenvalue weighted by Crippen LogP contribution is -2.43. The molecule has 0 aliphatic heterocycles. The van der Waals surface area contributed by atoms with Crippen molar-refractivity contribution in [1.82, 2.24) is 5.32 Å². The minimum absolute atomic E-state index is 0.0147. The van der Waals surface area contributed by atoms with Gasteiger partial charge in [-0.2, -0.15) is 0 Å². The summed E-state index contributed by atoms with van der Waals surface area (Å²) in [5.74, 6) is -2.70. The van der Waals surface area contributed by atoms with Crippen molar-refractivity contribution in [2.24, 2.45) is 5.92 Å². The van der Waals surface area contributed by atoms with Crippen LogP contribution in [0.2, 0.25) is 0 Å². The summed E-state index contributed by atoms with van der Waals surface area (Å²) in [4.78, 5) is 23.6. The number of anilines is 1. The van der Waals surface area contributed by atoms with Crippen LogP contribution in [-0.4, -0.2) is 17.9 Å². The van der Waals surface area contributed by atoms with Gasteiger partial charge in [0, 0.05) is 12.1 Å². The number of halogens is 2. The molecule has 120 valence electrons. The highest BCUT2D eigenvalue weighted by atomic mass is 19.1. The molecule has 1 saturated carbocycles. The fourth-order valence-electron chi connectivity index (χ4n) is 2.74. The minimum atomic E-state index is -0.942. The molecule has 1 aromatic rings. The molecule has 22 heavy (non-hydrogen) atoms. The first-order valence-corrected chi connectivity index (χ1v) is 7.56. The average Bonchev–Trinajstić information content (AvgIpc) is 2.50. The first-order chi connectivity index (χ1) is 10.5. The number of rotatable bonds is 3. The molecule has 2 N–H and O–H groups in total. The van der Waals surface area contributed by atoms with E-state index in [1.807, 2.05) is 0 Å². The molecule has 2 amide bonds. The molecule has 6 heteroatoms. The average molecular weight is 310 g/mol. The summed E-state index contributed by atoms with van der Waals surface area (Å²) in [6, 6.07) is 2.74. The van der Waals surface area contributed by atoms with Crippen LogP contribution in [-0.2, 0) is 9.59 Å².